The molecule has 0 unspecified atom stereocenters. The number of anilines is 2. The highest BCUT2D eigenvalue weighted by atomic mass is 15.2. The molecule has 1 aromatic rings. The van der Waals surface area contributed by atoms with Gasteiger partial charge in [-0.3, -0.25) is 0 Å². The molecule has 2 rings (SSSR count). The Morgan fingerprint density at radius 2 is 2.06 bits per heavy atom. The maximum Gasteiger partial charge on any atom is 0.134 e. The summed E-state index contributed by atoms with van der Waals surface area (Å²) in [5.74, 6) is 1.90. The zero-order valence-corrected chi connectivity index (χ0v) is 11.3. The summed E-state index contributed by atoms with van der Waals surface area (Å²) in [6, 6.07) is 2.03. The lowest BCUT2D eigenvalue weighted by atomic mass is 10.0. The van der Waals surface area contributed by atoms with E-state index in [1.807, 2.05) is 6.07 Å². The van der Waals surface area contributed by atoms with Crippen LogP contribution < -0.4 is 16.0 Å². The minimum atomic E-state index is -0.0363. The van der Waals surface area contributed by atoms with Gasteiger partial charge in [-0.1, -0.05) is 0 Å². The molecular formula is C13H23N5. The number of hydrogen-bond acceptors (Lipinski definition) is 5. The highest BCUT2D eigenvalue weighted by molar-refractivity contribution is 5.49. The summed E-state index contributed by atoms with van der Waals surface area (Å²) in [5.41, 5.74) is 5.58. The summed E-state index contributed by atoms with van der Waals surface area (Å²) in [6.45, 7) is 7.14. The van der Waals surface area contributed by atoms with Crippen molar-refractivity contribution >= 4 is 11.6 Å². The molecule has 1 aromatic heterocycles. The fraction of sp³-hybridized carbons (Fsp3) is 0.692. The van der Waals surface area contributed by atoms with Crippen LogP contribution in [0.3, 0.4) is 0 Å². The second-order valence-corrected chi connectivity index (χ2v) is 5.50. The maximum atomic E-state index is 5.62. The van der Waals surface area contributed by atoms with Crippen LogP contribution in [0.5, 0.6) is 0 Å². The molecule has 1 aliphatic heterocycles. The maximum absolute atomic E-state index is 5.62. The van der Waals surface area contributed by atoms with Gasteiger partial charge in [0.15, 0.2) is 0 Å². The van der Waals surface area contributed by atoms with Gasteiger partial charge in [0, 0.05) is 24.7 Å². The Morgan fingerprint density at radius 3 is 2.72 bits per heavy atom. The number of nitrogens with zero attached hydrogens (tertiary/aromatic N) is 3. The molecule has 5 nitrogen and oxygen atoms in total. The molecule has 18 heavy (non-hydrogen) atoms. The van der Waals surface area contributed by atoms with Crippen LogP contribution in [0.1, 0.15) is 33.1 Å². The van der Waals surface area contributed by atoms with Crippen LogP contribution in [-0.2, 0) is 0 Å². The summed E-state index contributed by atoms with van der Waals surface area (Å²) in [5, 5.41) is 3.43. The summed E-state index contributed by atoms with van der Waals surface area (Å²) in [4.78, 5) is 10.9. The van der Waals surface area contributed by atoms with E-state index in [1.165, 1.54) is 12.8 Å². The molecule has 0 radical (unpaired) electrons. The summed E-state index contributed by atoms with van der Waals surface area (Å²) >= 11 is 0. The van der Waals surface area contributed by atoms with Crippen molar-refractivity contribution in [2.75, 3.05) is 29.9 Å². The summed E-state index contributed by atoms with van der Waals surface area (Å²) in [7, 11) is 0. The standard InChI is InChI=1S/C13H23N5/c1-13(2,5-6-14)17-11-9-12(16-10-15-11)18-7-3-4-8-18/h9-10H,3-8,14H2,1-2H3,(H,15,16,17). The Labute approximate surface area is 109 Å². The van der Waals surface area contributed by atoms with Crippen molar-refractivity contribution in [3.05, 3.63) is 12.4 Å². The van der Waals surface area contributed by atoms with Gasteiger partial charge in [-0.2, -0.15) is 0 Å². The van der Waals surface area contributed by atoms with E-state index < -0.39 is 0 Å². The first kappa shape index (κ1) is 13.1. The molecule has 3 N–H and O–H groups in total. The van der Waals surface area contributed by atoms with Crippen LogP contribution in [0.15, 0.2) is 12.4 Å². The smallest absolute Gasteiger partial charge is 0.134 e. The predicted octanol–water partition coefficient (Wildman–Crippen LogP) is 1.62. The van der Waals surface area contributed by atoms with Gasteiger partial charge in [0.05, 0.1) is 0 Å². The number of aromatic nitrogens is 2. The van der Waals surface area contributed by atoms with Gasteiger partial charge in [-0.25, -0.2) is 9.97 Å². The summed E-state index contributed by atoms with van der Waals surface area (Å²) < 4.78 is 0. The Balaban J connectivity index is 2.07. The molecule has 0 spiro atoms. The second kappa shape index (κ2) is 5.52. The number of rotatable bonds is 5. The first-order chi connectivity index (χ1) is 8.61. The van der Waals surface area contributed by atoms with Gasteiger partial charge < -0.3 is 16.0 Å². The average molecular weight is 249 g/mol. The van der Waals surface area contributed by atoms with Crippen molar-refractivity contribution in [3.8, 4) is 0 Å². The highest BCUT2D eigenvalue weighted by Gasteiger charge is 2.18. The molecule has 1 aliphatic rings. The topological polar surface area (TPSA) is 67.1 Å². The van der Waals surface area contributed by atoms with Gasteiger partial charge >= 0.3 is 0 Å². The third-order valence-electron chi connectivity index (χ3n) is 3.32. The molecule has 0 bridgehead atoms. The van der Waals surface area contributed by atoms with Gasteiger partial charge in [-0.15, -0.1) is 0 Å². The average Bonchev–Trinajstić information content (AvgIpc) is 2.81. The first-order valence-corrected chi connectivity index (χ1v) is 6.66. The fourth-order valence-corrected chi connectivity index (χ4v) is 2.30. The van der Waals surface area contributed by atoms with Crippen LogP contribution in [0.25, 0.3) is 0 Å². The zero-order valence-electron chi connectivity index (χ0n) is 11.3. The lowest BCUT2D eigenvalue weighted by molar-refractivity contribution is 0.524. The molecule has 0 amide bonds. The largest absolute Gasteiger partial charge is 0.365 e. The van der Waals surface area contributed by atoms with Crippen LogP contribution in [0.2, 0.25) is 0 Å². The number of nitrogens with two attached hydrogens (primary N) is 1. The minimum absolute atomic E-state index is 0.0363. The number of nitrogens with one attached hydrogen (secondary N) is 1. The molecule has 1 fully saturated rings. The van der Waals surface area contributed by atoms with Gasteiger partial charge in [0.2, 0.25) is 0 Å². The number of hydrogen-bond donors (Lipinski definition) is 2. The molecule has 5 heteroatoms. The Kier molecular flexibility index (Phi) is 4.01. The molecule has 0 aliphatic carbocycles. The highest BCUT2D eigenvalue weighted by Crippen LogP contribution is 2.21. The van der Waals surface area contributed by atoms with Crippen molar-refractivity contribution < 1.29 is 0 Å². The van der Waals surface area contributed by atoms with Crippen molar-refractivity contribution in [2.45, 2.75) is 38.6 Å². The van der Waals surface area contributed by atoms with Gasteiger partial charge in [0.25, 0.3) is 0 Å². The quantitative estimate of drug-likeness (QED) is 0.830. The molecule has 0 atom stereocenters. The van der Waals surface area contributed by atoms with Crippen molar-refractivity contribution in [2.24, 2.45) is 5.73 Å². The van der Waals surface area contributed by atoms with Gasteiger partial charge in [0.1, 0.15) is 18.0 Å². The van der Waals surface area contributed by atoms with E-state index in [-0.39, 0.29) is 5.54 Å². The molecule has 1 saturated heterocycles. The lowest BCUT2D eigenvalue weighted by Crippen LogP contribution is -2.34. The van der Waals surface area contributed by atoms with Crippen LogP contribution in [0, 0.1) is 0 Å². The van der Waals surface area contributed by atoms with E-state index in [0.29, 0.717) is 6.54 Å². The first-order valence-electron chi connectivity index (χ1n) is 6.66. The van der Waals surface area contributed by atoms with E-state index in [4.69, 9.17) is 5.73 Å². The van der Waals surface area contributed by atoms with Gasteiger partial charge in [-0.05, 0) is 39.7 Å². The Morgan fingerprint density at radius 1 is 1.33 bits per heavy atom. The van der Waals surface area contributed by atoms with E-state index in [2.05, 4.69) is 34.0 Å². The molecule has 100 valence electrons. The SMILES string of the molecule is CC(C)(CCN)Nc1cc(N2CCCC2)ncn1. The lowest BCUT2D eigenvalue weighted by Gasteiger charge is -2.27. The summed E-state index contributed by atoms with van der Waals surface area (Å²) in [6.07, 6.45) is 5.06. The van der Waals surface area contributed by atoms with Crippen molar-refractivity contribution in [3.63, 3.8) is 0 Å². The zero-order chi connectivity index (χ0) is 13.0. The third-order valence-corrected chi connectivity index (χ3v) is 3.32. The van der Waals surface area contributed by atoms with Crippen LogP contribution >= 0.6 is 0 Å². The predicted molar refractivity (Wildman–Crippen MR) is 74.9 cm³/mol. The molecule has 0 saturated carbocycles. The van der Waals surface area contributed by atoms with Crippen LogP contribution in [0.4, 0.5) is 11.6 Å². The van der Waals surface area contributed by atoms with Crippen molar-refractivity contribution in [1.82, 2.24) is 9.97 Å². The fourth-order valence-electron chi connectivity index (χ4n) is 2.30. The van der Waals surface area contributed by atoms with E-state index in [0.717, 1.165) is 31.1 Å². The molecular weight excluding hydrogens is 226 g/mol. The Bertz CT molecular complexity index is 385. The Hall–Kier alpha value is -1.36. The third kappa shape index (κ3) is 3.32. The second-order valence-electron chi connectivity index (χ2n) is 5.50. The van der Waals surface area contributed by atoms with E-state index in [9.17, 15) is 0 Å². The monoisotopic (exact) mass is 249 g/mol. The van der Waals surface area contributed by atoms with E-state index in [1.54, 1.807) is 6.33 Å². The van der Waals surface area contributed by atoms with E-state index >= 15 is 0 Å². The normalized spacial score (nSPS) is 16.1. The molecule has 0 aromatic carbocycles. The van der Waals surface area contributed by atoms with Crippen molar-refractivity contribution in [1.29, 1.82) is 0 Å². The minimum Gasteiger partial charge on any atom is -0.365 e. The molecule has 2 heterocycles. The van der Waals surface area contributed by atoms with Crippen LogP contribution in [-0.4, -0.2) is 35.1 Å².